The maximum absolute atomic E-state index is 10.5. The van der Waals surface area contributed by atoms with Gasteiger partial charge in [0.15, 0.2) is 0 Å². The van der Waals surface area contributed by atoms with Crippen molar-refractivity contribution < 1.29 is 10.0 Å². The summed E-state index contributed by atoms with van der Waals surface area (Å²) in [5, 5.41) is 20.5. The highest BCUT2D eigenvalue weighted by atomic mass is 16.6. The van der Waals surface area contributed by atoms with Crippen LogP contribution >= 0.6 is 0 Å². The van der Waals surface area contributed by atoms with Gasteiger partial charge in [-0.05, 0) is 23.3 Å². The predicted octanol–water partition coefficient (Wildman–Crippen LogP) is 3.34. The first kappa shape index (κ1) is 13.0. The summed E-state index contributed by atoms with van der Waals surface area (Å²) in [7, 11) is 0. The van der Waals surface area contributed by atoms with Gasteiger partial charge < -0.3 is 5.11 Å². The molecular weight excluding hydrogens is 242 g/mol. The van der Waals surface area contributed by atoms with Gasteiger partial charge in [-0.15, -0.1) is 0 Å². The summed E-state index contributed by atoms with van der Waals surface area (Å²) in [4.78, 5) is 10.1. The van der Waals surface area contributed by atoms with Crippen LogP contribution in [0.1, 0.15) is 17.2 Å². The number of nitro benzene ring substituents is 1. The molecule has 1 N–H and O–H groups in total. The summed E-state index contributed by atoms with van der Waals surface area (Å²) in [6.07, 6.45) is 2.68. The Morgan fingerprint density at radius 1 is 1.05 bits per heavy atom. The summed E-state index contributed by atoms with van der Waals surface area (Å²) in [5.74, 6) is 0. The van der Waals surface area contributed by atoms with Crippen molar-refractivity contribution in [3.63, 3.8) is 0 Å². The van der Waals surface area contributed by atoms with E-state index in [1.165, 1.54) is 12.1 Å². The van der Waals surface area contributed by atoms with E-state index in [1.807, 2.05) is 36.4 Å². The van der Waals surface area contributed by atoms with Crippen LogP contribution in [0.15, 0.2) is 60.7 Å². The number of non-ortho nitro benzene ring substituents is 1. The molecule has 0 aliphatic carbocycles. The summed E-state index contributed by atoms with van der Waals surface area (Å²) in [6.45, 7) is 0. The molecule has 0 spiro atoms. The number of aliphatic hydroxyl groups excluding tert-OH is 1. The molecule has 1 unspecified atom stereocenters. The monoisotopic (exact) mass is 255 g/mol. The first-order chi connectivity index (χ1) is 9.16. The number of nitro groups is 1. The molecule has 4 nitrogen and oxygen atoms in total. The summed E-state index contributed by atoms with van der Waals surface area (Å²) >= 11 is 0. The molecule has 2 aromatic carbocycles. The van der Waals surface area contributed by atoms with Gasteiger partial charge in [0.1, 0.15) is 0 Å². The first-order valence-corrected chi connectivity index (χ1v) is 5.82. The molecule has 0 heterocycles. The Kier molecular flexibility index (Phi) is 4.05. The lowest BCUT2D eigenvalue weighted by Crippen LogP contribution is -1.94. The van der Waals surface area contributed by atoms with Crippen LogP contribution in [0.25, 0.3) is 6.08 Å². The molecule has 0 fully saturated rings. The average molecular weight is 255 g/mol. The van der Waals surface area contributed by atoms with Crippen LogP contribution in [0.4, 0.5) is 5.69 Å². The van der Waals surface area contributed by atoms with Crippen molar-refractivity contribution in [2.75, 3.05) is 0 Å². The van der Waals surface area contributed by atoms with Gasteiger partial charge in [0.25, 0.3) is 5.69 Å². The zero-order chi connectivity index (χ0) is 13.7. The van der Waals surface area contributed by atoms with Crippen LogP contribution in [0.3, 0.4) is 0 Å². The van der Waals surface area contributed by atoms with Gasteiger partial charge in [-0.3, -0.25) is 10.1 Å². The van der Waals surface area contributed by atoms with Crippen molar-refractivity contribution in [2.24, 2.45) is 0 Å². The fraction of sp³-hybridized carbons (Fsp3) is 0.0667. The third-order valence-corrected chi connectivity index (χ3v) is 2.72. The van der Waals surface area contributed by atoms with Gasteiger partial charge in [0.2, 0.25) is 0 Å². The Balaban J connectivity index is 2.09. The molecule has 19 heavy (non-hydrogen) atoms. The molecule has 0 saturated heterocycles. The van der Waals surface area contributed by atoms with Gasteiger partial charge in [-0.1, -0.05) is 42.5 Å². The van der Waals surface area contributed by atoms with Crippen LogP contribution in [-0.4, -0.2) is 10.0 Å². The minimum Gasteiger partial charge on any atom is -0.384 e. The zero-order valence-corrected chi connectivity index (χ0v) is 10.1. The van der Waals surface area contributed by atoms with Gasteiger partial charge >= 0.3 is 0 Å². The normalized spacial score (nSPS) is 12.5. The van der Waals surface area contributed by atoms with E-state index in [2.05, 4.69) is 0 Å². The number of nitrogens with zero attached hydrogens (tertiary/aromatic N) is 1. The largest absolute Gasteiger partial charge is 0.384 e. The third kappa shape index (κ3) is 3.50. The minimum atomic E-state index is -0.777. The quantitative estimate of drug-likeness (QED) is 0.673. The van der Waals surface area contributed by atoms with Gasteiger partial charge in [0, 0.05) is 12.1 Å². The summed E-state index contributed by atoms with van der Waals surface area (Å²) < 4.78 is 0. The lowest BCUT2D eigenvalue weighted by molar-refractivity contribution is -0.384. The van der Waals surface area contributed by atoms with E-state index in [4.69, 9.17) is 0 Å². The van der Waals surface area contributed by atoms with Crippen molar-refractivity contribution in [3.05, 3.63) is 81.9 Å². The van der Waals surface area contributed by atoms with Crippen LogP contribution in [0.5, 0.6) is 0 Å². The van der Waals surface area contributed by atoms with Crippen LogP contribution in [0, 0.1) is 10.1 Å². The molecule has 0 aromatic heterocycles. The predicted molar refractivity (Wildman–Crippen MR) is 73.5 cm³/mol. The molecule has 1 atom stereocenters. The molecular formula is C15H13NO3. The highest BCUT2D eigenvalue weighted by molar-refractivity contribution is 5.50. The Bertz CT molecular complexity index is 576. The van der Waals surface area contributed by atoms with Crippen LogP contribution in [0.2, 0.25) is 0 Å². The molecule has 0 saturated carbocycles. The average Bonchev–Trinajstić information content (AvgIpc) is 2.46. The highest BCUT2D eigenvalue weighted by Gasteiger charge is 2.07. The molecule has 2 rings (SSSR count). The van der Waals surface area contributed by atoms with E-state index in [0.29, 0.717) is 5.56 Å². The number of hydrogen-bond donors (Lipinski definition) is 1. The number of aliphatic hydroxyl groups is 1. The maximum Gasteiger partial charge on any atom is 0.269 e. The van der Waals surface area contributed by atoms with Crippen molar-refractivity contribution in [1.82, 2.24) is 0 Å². The second-order valence-electron chi connectivity index (χ2n) is 4.06. The second kappa shape index (κ2) is 5.93. The minimum absolute atomic E-state index is 0.0167. The Labute approximate surface area is 110 Å². The smallest absolute Gasteiger partial charge is 0.269 e. The van der Waals surface area contributed by atoms with Crippen LogP contribution < -0.4 is 0 Å². The standard InChI is InChI=1S/C15H13NO3/c17-15(11-6-12-4-2-1-3-5-12)13-7-9-14(10-8-13)16(18)19/h1-11,15,17H/b11-6+. The molecule has 96 valence electrons. The Hall–Kier alpha value is -2.46. The topological polar surface area (TPSA) is 63.4 Å². The number of rotatable bonds is 4. The number of hydrogen-bond acceptors (Lipinski definition) is 3. The molecule has 2 aromatic rings. The molecule has 0 radical (unpaired) electrons. The molecule has 0 aliphatic rings. The molecule has 0 bridgehead atoms. The summed E-state index contributed by atoms with van der Waals surface area (Å²) in [5.41, 5.74) is 1.63. The van der Waals surface area contributed by atoms with Gasteiger partial charge in [-0.25, -0.2) is 0 Å². The van der Waals surface area contributed by atoms with Crippen molar-refractivity contribution in [1.29, 1.82) is 0 Å². The fourth-order valence-electron chi connectivity index (χ4n) is 1.67. The Morgan fingerprint density at radius 2 is 1.68 bits per heavy atom. The summed E-state index contributed by atoms with van der Waals surface area (Å²) in [6, 6.07) is 15.5. The zero-order valence-electron chi connectivity index (χ0n) is 10.1. The van der Waals surface area contributed by atoms with E-state index in [-0.39, 0.29) is 5.69 Å². The SMILES string of the molecule is O=[N+]([O-])c1ccc(C(O)/C=C/c2ccccc2)cc1. The van der Waals surface area contributed by atoms with Crippen molar-refractivity contribution in [3.8, 4) is 0 Å². The van der Waals surface area contributed by atoms with E-state index >= 15 is 0 Å². The first-order valence-electron chi connectivity index (χ1n) is 5.82. The maximum atomic E-state index is 10.5. The van der Waals surface area contributed by atoms with E-state index < -0.39 is 11.0 Å². The highest BCUT2D eigenvalue weighted by Crippen LogP contribution is 2.19. The Morgan fingerprint density at radius 3 is 2.26 bits per heavy atom. The molecule has 0 amide bonds. The van der Waals surface area contributed by atoms with Crippen molar-refractivity contribution >= 4 is 11.8 Å². The van der Waals surface area contributed by atoms with Crippen molar-refractivity contribution in [2.45, 2.75) is 6.10 Å². The molecule has 0 aliphatic heterocycles. The van der Waals surface area contributed by atoms with E-state index in [1.54, 1.807) is 18.2 Å². The third-order valence-electron chi connectivity index (χ3n) is 2.72. The van der Waals surface area contributed by atoms with E-state index in [9.17, 15) is 15.2 Å². The van der Waals surface area contributed by atoms with Gasteiger partial charge in [-0.2, -0.15) is 0 Å². The number of benzene rings is 2. The fourth-order valence-corrected chi connectivity index (χ4v) is 1.67. The van der Waals surface area contributed by atoms with Gasteiger partial charge in [0.05, 0.1) is 11.0 Å². The van der Waals surface area contributed by atoms with E-state index in [0.717, 1.165) is 5.56 Å². The van der Waals surface area contributed by atoms with Crippen LogP contribution in [-0.2, 0) is 0 Å². The molecule has 4 heteroatoms. The second-order valence-corrected chi connectivity index (χ2v) is 4.06. The lowest BCUT2D eigenvalue weighted by Gasteiger charge is -2.05. The lowest BCUT2D eigenvalue weighted by atomic mass is 10.1.